The number of fused-ring (bicyclic) bond motifs is 2. The summed E-state index contributed by atoms with van der Waals surface area (Å²) >= 11 is 0. The number of nitrogens with one attached hydrogen (secondary N) is 1. The monoisotopic (exact) mass is 403 g/mol. The molecule has 0 saturated heterocycles. The number of carbonyl (C=O) groups is 1. The van der Waals surface area contributed by atoms with Gasteiger partial charge in [-0.2, -0.15) is 0 Å². The molecule has 1 heterocycles. The number of carboxylic acid groups (broad SMARTS) is 1. The summed E-state index contributed by atoms with van der Waals surface area (Å²) in [6.45, 7) is 0.298. The zero-order valence-corrected chi connectivity index (χ0v) is 16.9. The van der Waals surface area contributed by atoms with Gasteiger partial charge in [0.15, 0.2) is 0 Å². The lowest BCUT2D eigenvalue weighted by molar-refractivity contribution is -0.137. The highest BCUT2D eigenvalue weighted by atomic mass is 32.2. The van der Waals surface area contributed by atoms with Crippen molar-refractivity contribution in [3.05, 3.63) is 42.5 Å². The Hall–Kier alpha value is -2.74. The molecular formula is C20H25N3O4S. The van der Waals surface area contributed by atoms with Gasteiger partial charge in [-0.3, -0.25) is 9.10 Å². The van der Waals surface area contributed by atoms with E-state index in [2.05, 4.69) is 5.32 Å². The van der Waals surface area contributed by atoms with Gasteiger partial charge < -0.3 is 15.3 Å². The highest BCUT2D eigenvalue weighted by Gasteiger charge is 2.32. The van der Waals surface area contributed by atoms with Gasteiger partial charge in [0.2, 0.25) is 0 Å². The molecule has 0 unspecified atom stereocenters. The Morgan fingerprint density at radius 3 is 2.54 bits per heavy atom. The molecule has 8 heteroatoms. The number of anilines is 4. The van der Waals surface area contributed by atoms with Crippen LogP contribution in [0.4, 0.5) is 22.7 Å². The van der Waals surface area contributed by atoms with Gasteiger partial charge in [-0.15, -0.1) is 0 Å². The van der Waals surface area contributed by atoms with Gasteiger partial charge in [0.1, 0.15) is 4.90 Å². The van der Waals surface area contributed by atoms with Crippen molar-refractivity contribution in [2.45, 2.75) is 30.6 Å². The number of para-hydroxylation sites is 2. The standard InChI is InChI=1S/C20H25N3O4S/c1-22(2)15-11-12-17-19(14-15)28(26,27)23(13-7-3-4-10-20(24)25)18-9-6-5-8-16(18)21-17/h5-6,8-9,11-12,14,21H,3-4,7,10,13H2,1-2H3,(H,24,25). The maximum atomic E-state index is 13.5. The van der Waals surface area contributed by atoms with Crippen LogP contribution >= 0.6 is 0 Å². The van der Waals surface area contributed by atoms with Crippen molar-refractivity contribution in [2.75, 3.05) is 35.2 Å². The Balaban J connectivity index is 1.97. The molecule has 7 nitrogen and oxygen atoms in total. The molecule has 0 spiro atoms. The van der Waals surface area contributed by atoms with E-state index in [1.54, 1.807) is 18.2 Å². The van der Waals surface area contributed by atoms with Crippen LogP contribution in [-0.2, 0) is 14.8 Å². The molecule has 0 aromatic heterocycles. The molecule has 2 N–H and O–H groups in total. The number of sulfonamides is 1. The van der Waals surface area contributed by atoms with Crippen molar-refractivity contribution in [3.8, 4) is 0 Å². The van der Waals surface area contributed by atoms with Gasteiger partial charge in [-0.05, 0) is 43.2 Å². The third-order valence-electron chi connectivity index (χ3n) is 4.74. The van der Waals surface area contributed by atoms with Crippen LogP contribution in [0.2, 0.25) is 0 Å². The van der Waals surface area contributed by atoms with Crippen molar-refractivity contribution in [1.29, 1.82) is 0 Å². The number of carboxylic acids is 1. The largest absolute Gasteiger partial charge is 0.481 e. The summed E-state index contributed by atoms with van der Waals surface area (Å²) in [4.78, 5) is 12.8. The molecule has 0 aliphatic carbocycles. The first-order chi connectivity index (χ1) is 13.3. The van der Waals surface area contributed by atoms with Gasteiger partial charge in [-0.25, -0.2) is 8.42 Å². The third-order valence-corrected chi connectivity index (χ3v) is 6.60. The van der Waals surface area contributed by atoms with E-state index < -0.39 is 16.0 Å². The van der Waals surface area contributed by atoms with E-state index in [1.165, 1.54) is 4.31 Å². The van der Waals surface area contributed by atoms with E-state index in [9.17, 15) is 13.2 Å². The molecule has 2 aromatic carbocycles. The second-order valence-corrected chi connectivity index (χ2v) is 8.83. The Morgan fingerprint density at radius 1 is 1.07 bits per heavy atom. The lowest BCUT2D eigenvalue weighted by Gasteiger charge is -2.24. The fourth-order valence-electron chi connectivity index (χ4n) is 3.25. The van der Waals surface area contributed by atoms with Crippen molar-refractivity contribution >= 4 is 38.7 Å². The van der Waals surface area contributed by atoms with Crippen molar-refractivity contribution in [3.63, 3.8) is 0 Å². The predicted molar refractivity (Wildman–Crippen MR) is 111 cm³/mol. The second kappa shape index (κ2) is 8.10. The Labute approximate surface area is 165 Å². The molecule has 0 atom stereocenters. The first-order valence-electron chi connectivity index (χ1n) is 9.22. The zero-order valence-electron chi connectivity index (χ0n) is 16.1. The highest BCUT2D eigenvalue weighted by Crippen LogP contribution is 2.40. The first kappa shape index (κ1) is 20.0. The van der Waals surface area contributed by atoms with Gasteiger partial charge in [0.05, 0.1) is 17.1 Å². The fraction of sp³-hybridized carbons (Fsp3) is 0.350. The summed E-state index contributed by atoms with van der Waals surface area (Å²) in [6.07, 6.45) is 1.87. The van der Waals surface area contributed by atoms with Gasteiger partial charge >= 0.3 is 5.97 Å². The van der Waals surface area contributed by atoms with Crippen LogP contribution in [0, 0.1) is 0 Å². The maximum Gasteiger partial charge on any atom is 0.303 e. The van der Waals surface area contributed by atoms with E-state index in [4.69, 9.17) is 5.11 Å². The summed E-state index contributed by atoms with van der Waals surface area (Å²) in [5, 5.41) is 12.0. The van der Waals surface area contributed by atoms with Crippen LogP contribution < -0.4 is 14.5 Å². The highest BCUT2D eigenvalue weighted by molar-refractivity contribution is 7.93. The molecule has 1 aliphatic heterocycles. The van der Waals surface area contributed by atoms with Gasteiger partial charge in [0, 0.05) is 32.7 Å². The average Bonchev–Trinajstić information content (AvgIpc) is 2.73. The van der Waals surface area contributed by atoms with Crippen LogP contribution in [0.3, 0.4) is 0 Å². The molecule has 0 saturated carbocycles. The molecule has 0 fully saturated rings. The smallest absolute Gasteiger partial charge is 0.303 e. The molecule has 28 heavy (non-hydrogen) atoms. The van der Waals surface area contributed by atoms with E-state index in [-0.39, 0.29) is 11.3 Å². The molecule has 0 bridgehead atoms. The molecule has 150 valence electrons. The Bertz CT molecular complexity index is 973. The van der Waals surface area contributed by atoms with Crippen LogP contribution in [-0.4, -0.2) is 40.1 Å². The quantitative estimate of drug-likeness (QED) is 0.686. The zero-order chi connectivity index (χ0) is 20.3. The van der Waals surface area contributed by atoms with E-state index in [1.807, 2.05) is 43.3 Å². The summed E-state index contributed by atoms with van der Waals surface area (Å²) in [7, 11) is -0.0274. The topological polar surface area (TPSA) is 90.0 Å². The van der Waals surface area contributed by atoms with Crippen LogP contribution in [0.5, 0.6) is 0 Å². The molecule has 0 radical (unpaired) electrons. The van der Waals surface area contributed by atoms with E-state index in [0.717, 1.165) is 11.4 Å². The molecule has 1 aliphatic rings. The van der Waals surface area contributed by atoms with Crippen molar-refractivity contribution < 1.29 is 18.3 Å². The first-order valence-corrected chi connectivity index (χ1v) is 10.7. The number of rotatable bonds is 7. The summed E-state index contributed by atoms with van der Waals surface area (Å²) in [6, 6.07) is 12.7. The molecule has 3 rings (SSSR count). The van der Waals surface area contributed by atoms with Gasteiger partial charge in [-0.1, -0.05) is 18.6 Å². The van der Waals surface area contributed by atoms with Crippen molar-refractivity contribution in [1.82, 2.24) is 0 Å². The number of benzene rings is 2. The minimum atomic E-state index is -3.76. The Kier molecular flexibility index (Phi) is 5.79. The average molecular weight is 404 g/mol. The number of hydrogen-bond acceptors (Lipinski definition) is 5. The number of nitrogens with zero attached hydrogens (tertiary/aromatic N) is 2. The second-order valence-electron chi connectivity index (χ2n) is 7.00. The summed E-state index contributed by atoms with van der Waals surface area (Å²) in [5.74, 6) is -0.831. The molecule has 0 amide bonds. The van der Waals surface area contributed by atoms with E-state index in [0.29, 0.717) is 37.2 Å². The van der Waals surface area contributed by atoms with Gasteiger partial charge in [0.25, 0.3) is 10.0 Å². The van der Waals surface area contributed by atoms with E-state index >= 15 is 0 Å². The minimum absolute atomic E-state index is 0.0971. The summed E-state index contributed by atoms with van der Waals surface area (Å²) < 4.78 is 28.4. The Morgan fingerprint density at radius 2 is 1.82 bits per heavy atom. The maximum absolute atomic E-state index is 13.5. The predicted octanol–water partition coefficient (Wildman–Crippen LogP) is 3.65. The SMILES string of the molecule is CN(C)c1ccc2c(c1)S(=O)(=O)N(CCCCCC(=O)O)c1ccccc1N2. The number of hydrogen-bond donors (Lipinski definition) is 2. The molecular weight excluding hydrogens is 378 g/mol. The van der Waals surface area contributed by atoms with Crippen LogP contribution in [0.15, 0.2) is 47.4 Å². The fourth-order valence-corrected chi connectivity index (χ4v) is 4.94. The summed E-state index contributed by atoms with van der Waals surface area (Å²) in [5.41, 5.74) is 2.68. The van der Waals surface area contributed by atoms with Crippen LogP contribution in [0.25, 0.3) is 0 Å². The normalized spacial score (nSPS) is 14.4. The number of aliphatic carboxylic acids is 1. The third kappa shape index (κ3) is 4.06. The van der Waals surface area contributed by atoms with Crippen molar-refractivity contribution in [2.24, 2.45) is 0 Å². The minimum Gasteiger partial charge on any atom is -0.481 e. The van der Waals surface area contributed by atoms with Crippen LogP contribution in [0.1, 0.15) is 25.7 Å². The number of unbranched alkanes of at least 4 members (excludes halogenated alkanes) is 2. The lowest BCUT2D eigenvalue weighted by Crippen LogP contribution is -2.31. The molecule has 2 aromatic rings. The lowest BCUT2D eigenvalue weighted by atomic mass is 10.2.